The molecule has 0 aromatic carbocycles. The Labute approximate surface area is 38.0 Å². The first-order valence-electron chi connectivity index (χ1n) is 1.78. The van der Waals surface area contributed by atoms with Gasteiger partial charge < -0.3 is 0 Å². The molecule has 0 saturated heterocycles. The molecule has 31 valence electrons. The second-order valence-electron chi connectivity index (χ2n) is 0.908. The lowest BCUT2D eigenvalue weighted by Crippen LogP contribution is -1.63. The molecule has 0 aliphatic heterocycles. The van der Waals surface area contributed by atoms with Crippen LogP contribution in [0.2, 0.25) is 0 Å². The van der Waals surface area contributed by atoms with E-state index in [1.165, 1.54) is 12.2 Å². The fourth-order valence-electron chi connectivity index (χ4n) is 0.144. The van der Waals surface area contributed by atoms with Crippen LogP contribution in [0.25, 0.3) is 0 Å². The Morgan fingerprint density at radius 3 is 2.40 bits per heavy atom. The topological polar surface area (TPSA) is 0 Å². The summed E-state index contributed by atoms with van der Waals surface area (Å²) in [5, 5.41) is 0. The maximum atomic E-state index is 3.59. The summed E-state index contributed by atoms with van der Waals surface area (Å²) in [6.07, 6.45) is 4.84. The lowest BCUT2D eigenvalue weighted by molar-refractivity contribution is 1.11. The largest absolute Gasteiger partial charge is 0.161 e. The van der Waals surface area contributed by atoms with E-state index in [4.69, 9.17) is 0 Å². The van der Waals surface area contributed by atoms with Crippen molar-refractivity contribution in [3.63, 3.8) is 0 Å². The van der Waals surface area contributed by atoms with Crippen molar-refractivity contribution in [2.24, 2.45) is 0 Å². The van der Waals surface area contributed by atoms with Gasteiger partial charge in [-0.15, -0.1) is 0 Å². The average molecular weight is 89.2 g/mol. The highest BCUT2D eigenvalue weighted by Gasteiger charge is 1.68. The van der Waals surface area contributed by atoms with Crippen molar-refractivity contribution in [2.75, 3.05) is 5.75 Å². The summed E-state index contributed by atoms with van der Waals surface area (Å²) in [6, 6.07) is 0. The molecule has 0 N–H and O–H groups in total. The van der Waals surface area contributed by atoms with Gasteiger partial charge in [0.1, 0.15) is 0 Å². The Kier molecular flexibility index (Phi) is 4.65. The normalized spacial score (nSPS) is 8.40. The summed E-state index contributed by atoms with van der Waals surface area (Å²) in [6.45, 7) is 2.15. The molecule has 0 nitrogen and oxygen atoms in total. The number of hydrogen-bond acceptors (Lipinski definition) is 1. The van der Waals surface area contributed by atoms with Crippen LogP contribution in [0.3, 0.4) is 0 Å². The standard InChI is InChI=1S/C4H9S/c1-3-4-5-2/h2-4H2,1H3. The van der Waals surface area contributed by atoms with Crippen LogP contribution < -0.4 is 0 Å². The summed E-state index contributed by atoms with van der Waals surface area (Å²) < 4.78 is 0. The van der Waals surface area contributed by atoms with E-state index in [9.17, 15) is 0 Å². The van der Waals surface area contributed by atoms with Crippen molar-refractivity contribution >= 4 is 11.8 Å². The third-order valence-corrected chi connectivity index (χ3v) is 1.05. The molecule has 0 aromatic heterocycles. The fraction of sp³-hybridized carbons (Fsp3) is 0.750. The van der Waals surface area contributed by atoms with Gasteiger partial charge in [0.15, 0.2) is 0 Å². The fourth-order valence-corrected chi connectivity index (χ4v) is 0.433. The first kappa shape index (κ1) is 5.35. The molecule has 5 heavy (non-hydrogen) atoms. The molecule has 0 fully saturated rings. The van der Waals surface area contributed by atoms with Crippen molar-refractivity contribution in [3.8, 4) is 0 Å². The molecule has 0 spiro atoms. The molecule has 0 unspecified atom stereocenters. The molecular weight excluding hydrogens is 80.1 g/mol. The smallest absolute Gasteiger partial charge is 0.00235 e. The van der Waals surface area contributed by atoms with E-state index in [2.05, 4.69) is 13.2 Å². The first-order chi connectivity index (χ1) is 2.41. The maximum Gasteiger partial charge on any atom is 0.00235 e. The summed E-state index contributed by atoms with van der Waals surface area (Å²) in [7, 11) is 0. The minimum absolute atomic E-state index is 1.19. The van der Waals surface area contributed by atoms with Gasteiger partial charge in [-0.05, 0) is 12.2 Å². The molecule has 0 aliphatic rings. The molecule has 0 atom stereocenters. The summed E-state index contributed by atoms with van der Waals surface area (Å²) >= 11 is 1.65. The van der Waals surface area contributed by atoms with E-state index in [1.54, 1.807) is 11.8 Å². The molecule has 0 rings (SSSR count). The predicted octanol–water partition coefficient (Wildman–Crippen LogP) is 1.92. The Bertz CT molecular complexity index is 11.1. The van der Waals surface area contributed by atoms with Gasteiger partial charge in [-0.25, -0.2) is 0 Å². The van der Waals surface area contributed by atoms with Crippen LogP contribution in [0.1, 0.15) is 13.3 Å². The molecule has 0 saturated carbocycles. The monoisotopic (exact) mass is 89.0 g/mol. The Morgan fingerprint density at radius 1 is 1.80 bits per heavy atom. The zero-order valence-electron chi connectivity index (χ0n) is 3.53. The van der Waals surface area contributed by atoms with Gasteiger partial charge in [-0.3, -0.25) is 0 Å². The molecular formula is C4H9S. The van der Waals surface area contributed by atoms with E-state index in [0.29, 0.717) is 0 Å². The van der Waals surface area contributed by atoms with Gasteiger partial charge >= 0.3 is 0 Å². The van der Waals surface area contributed by atoms with E-state index in [0.717, 1.165) is 0 Å². The predicted molar refractivity (Wildman–Crippen MR) is 28.1 cm³/mol. The van der Waals surface area contributed by atoms with E-state index in [1.807, 2.05) is 0 Å². The van der Waals surface area contributed by atoms with Crippen LogP contribution >= 0.6 is 11.8 Å². The van der Waals surface area contributed by atoms with Crippen LogP contribution in [0.15, 0.2) is 0 Å². The third-order valence-electron chi connectivity index (χ3n) is 0.348. The minimum Gasteiger partial charge on any atom is -0.161 e. The highest BCUT2D eigenvalue weighted by molar-refractivity contribution is 8.00. The van der Waals surface area contributed by atoms with Gasteiger partial charge in [-0.2, -0.15) is 11.8 Å². The highest BCUT2D eigenvalue weighted by atomic mass is 32.2. The Balaban J connectivity index is 2.19. The third kappa shape index (κ3) is 4.35. The zero-order chi connectivity index (χ0) is 4.12. The number of rotatable bonds is 2. The van der Waals surface area contributed by atoms with Crippen molar-refractivity contribution in [2.45, 2.75) is 13.3 Å². The Hall–Kier alpha value is 0.350. The SMILES string of the molecule is [CH2]SCCC. The Morgan fingerprint density at radius 2 is 2.40 bits per heavy atom. The van der Waals surface area contributed by atoms with Crippen LogP contribution in [0.5, 0.6) is 0 Å². The number of thioether (sulfide) groups is 1. The van der Waals surface area contributed by atoms with Crippen molar-refractivity contribution < 1.29 is 0 Å². The van der Waals surface area contributed by atoms with E-state index >= 15 is 0 Å². The second-order valence-corrected chi connectivity index (χ2v) is 1.72. The number of hydrogen-bond donors (Lipinski definition) is 0. The second kappa shape index (κ2) is 4.35. The molecule has 1 heteroatoms. The quantitative estimate of drug-likeness (QED) is 0.498. The zero-order valence-corrected chi connectivity index (χ0v) is 4.35. The van der Waals surface area contributed by atoms with Gasteiger partial charge in [0.05, 0.1) is 0 Å². The lowest BCUT2D eigenvalue weighted by Gasteiger charge is -1.79. The maximum absolute atomic E-state index is 3.59. The first-order valence-corrected chi connectivity index (χ1v) is 2.94. The molecule has 0 aliphatic carbocycles. The van der Waals surface area contributed by atoms with E-state index < -0.39 is 0 Å². The van der Waals surface area contributed by atoms with Crippen molar-refractivity contribution in [1.82, 2.24) is 0 Å². The highest BCUT2D eigenvalue weighted by Crippen LogP contribution is 1.94. The molecule has 0 heterocycles. The van der Waals surface area contributed by atoms with Gasteiger partial charge in [-0.1, -0.05) is 6.92 Å². The summed E-state index contributed by atoms with van der Waals surface area (Å²) in [4.78, 5) is 0. The van der Waals surface area contributed by atoms with Crippen molar-refractivity contribution in [1.29, 1.82) is 0 Å². The lowest BCUT2D eigenvalue weighted by atomic mass is 10.6. The summed E-state index contributed by atoms with van der Waals surface area (Å²) in [5.41, 5.74) is 0. The van der Waals surface area contributed by atoms with Gasteiger partial charge in [0.2, 0.25) is 0 Å². The van der Waals surface area contributed by atoms with Crippen LogP contribution in [0.4, 0.5) is 0 Å². The summed E-state index contributed by atoms with van der Waals surface area (Å²) in [5.74, 6) is 1.19. The van der Waals surface area contributed by atoms with Gasteiger partial charge in [0.25, 0.3) is 0 Å². The molecule has 0 aromatic rings. The molecule has 0 amide bonds. The van der Waals surface area contributed by atoms with Gasteiger partial charge in [0, 0.05) is 6.26 Å². The van der Waals surface area contributed by atoms with Crippen LogP contribution in [-0.4, -0.2) is 5.75 Å². The van der Waals surface area contributed by atoms with E-state index in [-0.39, 0.29) is 0 Å². The van der Waals surface area contributed by atoms with Crippen molar-refractivity contribution in [3.05, 3.63) is 6.26 Å². The van der Waals surface area contributed by atoms with Crippen LogP contribution in [-0.2, 0) is 0 Å². The minimum atomic E-state index is 1.19. The molecule has 1 radical (unpaired) electrons. The van der Waals surface area contributed by atoms with Crippen LogP contribution in [0, 0.1) is 6.26 Å². The average Bonchev–Trinajstić information content (AvgIpc) is 1.41. The molecule has 0 bridgehead atoms.